The Hall–Kier alpha value is -1.84. The van der Waals surface area contributed by atoms with E-state index in [0.29, 0.717) is 17.3 Å². The van der Waals surface area contributed by atoms with E-state index in [9.17, 15) is 9.18 Å². The van der Waals surface area contributed by atoms with Gasteiger partial charge in [0.2, 0.25) is 0 Å². The van der Waals surface area contributed by atoms with E-state index in [0.717, 1.165) is 25.5 Å². The van der Waals surface area contributed by atoms with Gasteiger partial charge < -0.3 is 10.0 Å². The van der Waals surface area contributed by atoms with Gasteiger partial charge in [0.1, 0.15) is 5.82 Å². The summed E-state index contributed by atoms with van der Waals surface area (Å²) in [6.45, 7) is 2.73. The van der Waals surface area contributed by atoms with Crippen LogP contribution in [-0.2, 0) is 4.79 Å². The summed E-state index contributed by atoms with van der Waals surface area (Å²) >= 11 is 0. The summed E-state index contributed by atoms with van der Waals surface area (Å²) in [5.41, 5.74) is 1.15. The molecule has 1 aliphatic carbocycles. The fourth-order valence-electron chi connectivity index (χ4n) is 2.95. The van der Waals surface area contributed by atoms with Gasteiger partial charge >= 0.3 is 5.97 Å². The minimum absolute atomic E-state index is 0.286. The normalized spacial score (nSPS) is 15.9. The highest BCUT2D eigenvalue weighted by Gasteiger charge is 2.25. The molecule has 20 heavy (non-hydrogen) atoms. The summed E-state index contributed by atoms with van der Waals surface area (Å²) in [7, 11) is 0. The highest BCUT2D eigenvalue weighted by molar-refractivity contribution is 5.87. The molecule has 0 amide bonds. The Balaban J connectivity index is 2.39. The number of rotatable bonds is 5. The topological polar surface area (TPSA) is 40.5 Å². The van der Waals surface area contributed by atoms with Crippen LogP contribution in [0.5, 0.6) is 0 Å². The number of carboxylic acid groups (broad SMARTS) is 1. The third kappa shape index (κ3) is 3.18. The van der Waals surface area contributed by atoms with Crippen LogP contribution in [0.1, 0.15) is 38.2 Å². The SMILES string of the molecule is CCN(c1c(F)cccc1/C=C/C(=O)O)C1CCCC1. The Morgan fingerprint density at radius 3 is 2.75 bits per heavy atom. The number of anilines is 1. The van der Waals surface area contributed by atoms with Crippen molar-refractivity contribution < 1.29 is 14.3 Å². The van der Waals surface area contributed by atoms with Crippen molar-refractivity contribution in [2.75, 3.05) is 11.4 Å². The van der Waals surface area contributed by atoms with Gasteiger partial charge in [0.15, 0.2) is 0 Å². The van der Waals surface area contributed by atoms with E-state index >= 15 is 0 Å². The zero-order chi connectivity index (χ0) is 14.5. The Kier molecular flexibility index (Phi) is 4.77. The molecule has 0 aromatic heterocycles. The van der Waals surface area contributed by atoms with E-state index in [1.165, 1.54) is 25.0 Å². The van der Waals surface area contributed by atoms with Gasteiger partial charge in [-0.05, 0) is 31.9 Å². The van der Waals surface area contributed by atoms with Gasteiger partial charge in [-0.1, -0.05) is 25.0 Å². The lowest BCUT2D eigenvalue weighted by molar-refractivity contribution is -0.131. The summed E-state index contributed by atoms with van der Waals surface area (Å²) in [5.74, 6) is -1.31. The molecule has 1 aromatic rings. The van der Waals surface area contributed by atoms with Gasteiger partial charge in [0.25, 0.3) is 0 Å². The Labute approximate surface area is 118 Å². The third-order valence-corrected chi connectivity index (χ3v) is 3.82. The second kappa shape index (κ2) is 6.55. The molecular weight excluding hydrogens is 257 g/mol. The van der Waals surface area contributed by atoms with Crippen molar-refractivity contribution in [3.05, 3.63) is 35.7 Å². The molecule has 0 aliphatic heterocycles. The molecule has 0 atom stereocenters. The molecule has 108 valence electrons. The first-order valence-electron chi connectivity index (χ1n) is 7.09. The molecule has 0 bridgehead atoms. The minimum atomic E-state index is -1.02. The van der Waals surface area contributed by atoms with Gasteiger partial charge in [0, 0.05) is 24.2 Å². The molecule has 0 radical (unpaired) electrons. The smallest absolute Gasteiger partial charge is 0.328 e. The third-order valence-electron chi connectivity index (χ3n) is 3.82. The number of para-hydroxylation sites is 1. The number of carboxylic acids is 1. The predicted octanol–water partition coefficient (Wildman–Crippen LogP) is 3.69. The van der Waals surface area contributed by atoms with Crippen LogP contribution in [0.3, 0.4) is 0 Å². The van der Waals surface area contributed by atoms with E-state index in [2.05, 4.69) is 4.90 Å². The number of carbonyl (C=O) groups is 1. The number of hydrogen-bond acceptors (Lipinski definition) is 2. The molecule has 3 nitrogen and oxygen atoms in total. The maximum atomic E-state index is 14.2. The molecule has 0 saturated heterocycles. The average Bonchev–Trinajstić information content (AvgIpc) is 2.93. The number of hydrogen-bond donors (Lipinski definition) is 1. The van der Waals surface area contributed by atoms with Crippen molar-refractivity contribution in [2.45, 2.75) is 38.6 Å². The molecule has 4 heteroatoms. The molecule has 1 aromatic carbocycles. The molecule has 1 N–H and O–H groups in total. The predicted molar refractivity (Wildman–Crippen MR) is 78.3 cm³/mol. The minimum Gasteiger partial charge on any atom is -0.478 e. The van der Waals surface area contributed by atoms with E-state index in [4.69, 9.17) is 5.11 Å². The van der Waals surface area contributed by atoms with Gasteiger partial charge in [-0.3, -0.25) is 0 Å². The lowest BCUT2D eigenvalue weighted by atomic mass is 10.1. The quantitative estimate of drug-likeness (QED) is 0.834. The molecule has 0 heterocycles. The van der Waals surface area contributed by atoms with Crippen molar-refractivity contribution in [1.82, 2.24) is 0 Å². The zero-order valence-corrected chi connectivity index (χ0v) is 11.7. The van der Waals surface area contributed by atoms with Crippen molar-refractivity contribution in [3.8, 4) is 0 Å². The first-order valence-corrected chi connectivity index (χ1v) is 7.09. The van der Waals surface area contributed by atoms with E-state index in [1.807, 2.05) is 6.92 Å². The molecular formula is C16H20FNO2. The maximum Gasteiger partial charge on any atom is 0.328 e. The Bertz CT molecular complexity index is 507. The lowest BCUT2D eigenvalue weighted by Gasteiger charge is -2.31. The number of nitrogens with zero attached hydrogens (tertiary/aromatic N) is 1. The molecule has 2 rings (SSSR count). The average molecular weight is 277 g/mol. The van der Waals surface area contributed by atoms with Gasteiger partial charge in [-0.25, -0.2) is 9.18 Å². The van der Waals surface area contributed by atoms with Crippen LogP contribution in [0.4, 0.5) is 10.1 Å². The van der Waals surface area contributed by atoms with Crippen molar-refractivity contribution in [2.24, 2.45) is 0 Å². The second-order valence-corrected chi connectivity index (χ2v) is 5.07. The first-order chi connectivity index (χ1) is 9.63. The van der Waals surface area contributed by atoms with Crippen LogP contribution in [0, 0.1) is 5.82 Å². The highest BCUT2D eigenvalue weighted by atomic mass is 19.1. The molecule has 1 saturated carbocycles. The van der Waals surface area contributed by atoms with Crippen LogP contribution < -0.4 is 4.90 Å². The van der Waals surface area contributed by atoms with Gasteiger partial charge in [0.05, 0.1) is 5.69 Å². The fourth-order valence-corrected chi connectivity index (χ4v) is 2.95. The van der Waals surface area contributed by atoms with Gasteiger partial charge in [-0.15, -0.1) is 0 Å². The fraction of sp³-hybridized carbons (Fsp3) is 0.438. The summed E-state index contributed by atoms with van der Waals surface area (Å²) in [6, 6.07) is 5.16. The summed E-state index contributed by atoms with van der Waals surface area (Å²) < 4.78 is 14.2. The first kappa shape index (κ1) is 14.6. The molecule has 1 fully saturated rings. The second-order valence-electron chi connectivity index (χ2n) is 5.07. The Morgan fingerprint density at radius 1 is 1.45 bits per heavy atom. The largest absolute Gasteiger partial charge is 0.478 e. The maximum absolute atomic E-state index is 14.2. The molecule has 0 spiro atoms. The summed E-state index contributed by atoms with van der Waals surface area (Å²) in [6.07, 6.45) is 7.03. The van der Waals surface area contributed by atoms with E-state index in [-0.39, 0.29) is 5.82 Å². The number of benzene rings is 1. The van der Waals surface area contributed by atoms with Crippen molar-refractivity contribution in [1.29, 1.82) is 0 Å². The standard InChI is InChI=1S/C16H20FNO2/c1-2-18(13-7-3-4-8-13)16-12(10-11-15(19)20)6-5-9-14(16)17/h5-6,9-11,13H,2-4,7-8H2,1H3,(H,19,20)/b11-10+. The Morgan fingerprint density at radius 2 is 2.15 bits per heavy atom. The summed E-state index contributed by atoms with van der Waals surface area (Å²) in [5, 5.41) is 8.75. The lowest BCUT2D eigenvalue weighted by Crippen LogP contribution is -2.34. The van der Waals surface area contributed by atoms with Crippen molar-refractivity contribution in [3.63, 3.8) is 0 Å². The van der Waals surface area contributed by atoms with Crippen LogP contribution in [0.2, 0.25) is 0 Å². The van der Waals surface area contributed by atoms with Crippen LogP contribution in [0.25, 0.3) is 6.08 Å². The van der Waals surface area contributed by atoms with E-state index < -0.39 is 5.97 Å². The number of aliphatic carboxylic acids is 1. The molecule has 0 unspecified atom stereocenters. The summed E-state index contributed by atoms with van der Waals surface area (Å²) in [4.78, 5) is 12.7. The monoisotopic (exact) mass is 277 g/mol. The van der Waals surface area contributed by atoms with Crippen LogP contribution in [0.15, 0.2) is 24.3 Å². The number of halogens is 1. The highest BCUT2D eigenvalue weighted by Crippen LogP contribution is 2.32. The molecule has 1 aliphatic rings. The van der Waals surface area contributed by atoms with Crippen LogP contribution in [-0.4, -0.2) is 23.7 Å². The van der Waals surface area contributed by atoms with E-state index in [1.54, 1.807) is 12.1 Å². The zero-order valence-electron chi connectivity index (χ0n) is 11.7. The van der Waals surface area contributed by atoms with Crippen LogP contribution >= 0.6 is 0 Å². The van der Waals surface area contributed by atoms with Crippen molar-refractivity contribution >= 4 is 17.7 Å². The van der Waals surface area contributed by atoms with Gasteiger partial charge in [-0.2, -0.15) is 0 Å².